The van der Waals surface area contributed by atoms with Gasteiger partial charge in [0, 0.05) is 6.20 Å². The van der Waals surface area contributed by atoms with Gasteiger partial charge in [-0.15, -0.1) is 0 Å². The van der Waals surface area contributed by atoms with Crippen LogP contribution in [0, 0.1) is 0 Å². The van der Waals surface area contributed by atoms with Gasteiger partial charge >= 0.3 is 0 Å². The molecule has 1 aromatic heterocycles. The van der Waals surface area contributed by atoms with Crippen LogP contribution in [0.4, 0.5) is 0 Å². The summed E-state index contributed by atoms with van der Waals surface area (Å²) in [6, 6.07) is 7.83. The molecule has 1 unspecified atom stereocenters. The zero-order valence-electron chi connectivity index (χ0n) is 7.79. The third-order valence-electron chi connectivity index (χ3n) is 2.30. The number of nitrogens with zero attached hydrogens (tertiary/aromatic N) is 2. The van der Waals surface area contributed by atoms with Gasteiger partial charge in [-0.25, -0.2) is 10.0 Å². The van der Waals surface area contributed by atoms with E-state index in [9.17, 15) is 5.21 Å². The van der Waals surface area contributed by atoms with E-state index in [4.69, 9.17) is 0 Å². The highest BCUT2D eigenvalue weighted by Gasteiger charge is 2.23. The van der Waals surface area contributed by atoms with E-state index in [1.54, 1.807) is 6.20 Å². The number of rotatable bonds is 1. The minimum absolute atomic E-state index is 0.155. The lowest BCUT2D eigenvalue weighted by atomic mass is 10.3. The molecule has 1 atom stereocenters. The molecule has 0 amide bonds. The van der Waals surface area contributed by atoms with Gasteiger partial charge in [-0.2, -0.15) is 0 Å². The predicted octanol–water partition coefficient (Wildman–Crippen LogP) is 2.47. The number of hydrogen-bond acceptors (Lipinski definition) is 4. The van der Waals surface area contributed by atoms with Crippen molar-refractivity contribution in [1.82, 2.24) is 15.0 Å². The van der Waals surface area contributed by atoms with Gasteiger partial charge in [0.2, 0.25) is 0 Å². The number of nitrogens with one attached hydrogen (secondary N) is 1. The standard InChI is InChI=1S/C10H9N3OS/c14-13-5-6-15-10(13)9-11-7-3-1-2-4-8(7)12-9/h1-6,10,14H,(H,11,12). The summed E-state index contributed by atoms with van der Waals surface area (Å²) < 4.78 is 0. The molecular formula is C10H9N3OS. The van der Waals surface area contributed by atoms with Crippen molar-refractivity contribution in [3.05, 3.63) is 41.7 Å². The number of H-pyrrole nitrogens is 1. The Hall–Kier alpha value is -1.46. The van der Waals surface area contributed by atoms with Gasteiger partial charge in [0.25, 0.3) is 0 Å². The summed E-state index contributed by atoms with van der Waals surface area (Å²) in [5.74, 6) is 0.772. The number of benzene rings is 1. The second-order valence-corrected chi connectivity index (χ2v) is 4.28. The van der Waals surface area contributed by atoms with Crippen molar-refractivity contribution in [1.29, 1.82) is 0 Å². The molecule has 76 valence electrons. The Morgan fingerprint density at radius 3 is 3.00 bits per heavy atom. The van der Waals surface area contributed by atoms with Crippen LogP contribution < -0.4 is 0 Å². The normalized spacial score (nSPS) is 20.3. The van der Waals surface area contributed by atoms with Gasteiger partial charge in [-0.1, -0.05) is 23.9 Å². The van der Waals surface area contributed by atoms with Gasteiger partial charge < -0.3 is 4.98 Å². The summed E-state index contributed by atoms with van der Waals surface area (Å²) in [7, 11) is 0. The fourth-order valence-electron chi connectivity index (χ4n) is 1.59. The molecule has 2 aromatic rings. The minimum Gasteiger partial charge on any atom is -0.339 e. The zero-order chi connectivity index (χ0) is 10.3. The SMILES string of the molecule is ON1C=CSC1c1nc2ccccc2[nH]1. The second kappa shape index (κ2) is 3.29. The highest BCUT2D eigenvalue weighted by atomic mass is 32.2. The van der Waals surface area contributed by atoms with E-state index < -0.39 is 0 Å². The molecule has 1 aliphatic heterocycles. The second-order valence-electron chi connectivity index (χ2n) is 3.29. The summed E-state index contributed by atoms with van der Waals surface area (Å²) in [4.78, 5) is 7.62. The van der Waals surface area contributed by atoms with Crippen LogP contribution in [0.25, 0.3) is 11.0 Å². The molecule has 0 aliphatic carbocycles. The Morgan fingerprint density at radius 2 is 2.27 bits per heavy atom. The molecule has 4 nitrogen and oxygen atoms in total. The largest absolute Gasteiger partial charge is 0.339 e. The van der Waals surface area contributed by atoms with E-state index in [1.165, 1.54) is 11.8 Å². The number of imidazole rings is 1. The first-order valence-electron chi connectivity index (χ1n) is 4.58. The highest BCUT2D eigenvalue weighted by Crippen LogP contribution is 2.36. The first kappa shape index (κ1) is 8.82. The number of aromatic nitrogens is 2. The zero-order valence-corrected chi connectivity index (χ0v) is 8.61. The molecule has 1 aliphatic rings. The van der Waals surface area contributed by atoms with Crippen LogP contribution >= 0.6 is 11.8 Å². The van der Waals surface area contributed by atoms with Crippen LogP contribution in [0.3, 0.4) is 0 Å². The van der Waals surface area contributed by atoms with Crippen LogP contribution in [-0.4, -0.2) is 20.2 Å². The number of fused-ring (bicyclic) bond motifs is 1. The molecule has 0 fully saturated rings. The molecule has 0 spiro atoms. The van der Waals surface area contributed by atoms with Gasteiger partial charge in [-0.05, 0) is 17.5 Å². The van der Waals surface area contributed by atoms with Crippen LogP contribution in [0.5, 0.6) is 0 Å². The van der Waals surface area contributed by atoms with Gasteiger partial charge in [0.1, 0.15) is 5.82 Å². The molecule has 0 radical (unpaired) electrons. The predicted molar refractivity (Wildman–Crippen MR) is 59.2 cm³/mol. The molecule has 2 heterocycles. The molecule has 0 saturated carbocycles. The fraction of sp³-hybridized carbons (Fsp3) is 0.100. The maximum absolute atomic E-state index is 9.53. The van der Waals surface area contributed by atoms with E-state index in [2.05, 4.69) is 9.97 Å². The molecule has 15 heavy (non-hydrogen) atoms. The lowest BCUT2D eigenvalue weighted by Gasteiger charge is -2.14. The molecular weight excluding hydrogens is 210 g/mol. The van der Waals surface area contributed by atoms with Crippen molar-refractivity contribution in [2.45, 2.75) is 5.37 Å². The van der Waals surface area contributed by atoms with Gasteiger partial charge in [-0.3, -0.25) is 5.21 Å². The number of hydroxylamine groups is 2. The van der Waals surface area contributed by atoms with Crippen LogP contribution in [0.15, 0.2) is 35.9 Å². The van der Waals surface area contributed by atoms with Crippen molar-refractivity contribution in [3.8, 4) is 0 Å². The first-order valence-corrected chi connectivity index (χ1v) is 5.53. The van der Waals surface area contributed by atoms with Crippen molar-refractivity contribution >= 4 is 22.8 Å². The molecule has 3 rings (SSSR count). The van der Waals surface area contributed by atoms with E-state index in [0.29, 0.717) is 0 Å². The number of aromatic amines is 1. The molecule has 5 heteroatoms. The lowest BCUT2D eigenvalue weighted by Crippen LogP contribution is -2.13. The third kappa shape index (κ3) is 1.40. The quantitative estimate of drug-likeness (QED) is 0.773. The Labute approximate surface area is 90.6 Å². The Balaban J connectivity index is 2.05. The average molecular weight is 219 g/mol. The van der Waals surface area contributed by atoms with E-state index in [0.717, 1.165) is 21.9 Å². The topological polar surface area (TPSA) is 52.1 Å². The first-order chi connectivity index (χ1) is 7.34. The van der Waals surface area contributed by atoms with E-state index in [-0.39, 0.29) is 5.37 Å². The fourth-order valence-corrected chi connectivity index (χ4v) is 2.37. The summed E-state index contributed by atoms with van der Waals surface area (Å²) in [5, 5.41) is 12.4. The summed E-state index contributed by atoms with van der Waals surface area (Å²) in [6.07, 6.45) is 1.63. The van der Waals surface area contributed by atoms with Gasteiger partial charge in [0.15, 0.2) is 5.37 Å². The summed E-state index contributed by atoms with van der Waals surface area (Å²) in [5.41, 5.74) is 1.92. The summed E-state index contributed by atoms with van der Waals surface area (Å²) >= 11 is 1.52. The van der Waals surface area contributed by atoms with Crippen molar-refractivity contribution in [3.63, 3.8) is 0 Å². The molecule has 2 N–H and O–H groups in total. The molecule has 0 bridgehead atoms. The number of para-hydroxylation sites is 2. The molecule has 0 saturated heterocycles. The maximum Gasteiger partial charge on any atom is 0.162 e. The average Bonchev–Trinajstić information content (AvgIpc) is 2.82. The van der Waals surface area contributed by atoms with Crippen molar-refractivity contribution < 1.29 is 5.21 Å². The highest BCUT2D eigenvalue weighted by molar-refractivity contribution is 8.02. The Morgan fingerprint density at radius 1 is 1.40 bits per heavy atom. The Bertz CT molecular complexity index is 489. The van der Waals surface area contributed by atoms with E-state index >= 15 is 0 Å². The van der Waals surface area contributed by atoms with Crippen LogP contribution in [0.2, 0.25) is 0 Å². The lowest BCUT2D eigenvalue weighted by molar-refractivity contribution is -0.0511. The smallest absolute Gasteiger partial charge is 0.162 e. The number of thioether (sulfide) groups is 1. The monoisotopic (exact) mass is 219 g/mol. The van der Waals surface area contributed by atoms with Crippen molar-refractivity contribution in [2.75, 3.05) is 0 Å². The van der Waals surface area contributed by atoms with Crippen LogP contribution in [-0.2, 0) is 0 Å². The van der Waals surface area contributed by atoms with Gasteiger partial charge in [0.05, 0.1) is 11.0 Å². The Kier molecular flexibility index (Phi) is 1.93. The van der Waals surface area contributed by atoms with Crippen molar-refractivity contribution in [2.24, 2.45) is 0 Å². The van der Waals surface area contributed by atoms with E-state index in [1.807, 2.05) is 29.7 Å². The summed E-state index contributed by atoms with van der Waals surface area (Å²) in [6.45, 7) is 0. The van der Waals surface area contributed by atoms with Crippen LogP contribution in [0.1, 0.15) is 11.2 Å². The number of hydrogen-bond donors (Lipinski definition) is 2. The minimum atomic E-state index is -0.155. The molecule has 1 aromatic carbocycles. The third-order valence-corrected chi connectivity index (χ3v) is 3.28. The maximum atomic E-state index is 9.53.